The Hall–Kier alpha value is -3.69. The average Bonchev–Trinajstić information content (AvgIpc) is 3.32. The number of hydrogen-bond acceptors (Lipinski definition) is 2. The number of aromatic nitrogens is 1. The molecule has 0 unspecified atom stereocenters. The molecule has 5 heteroatoms. The van der Waals surface area contributed by atoms with Gasteiger partial charge in [-0.15, -0.1) is 0 Å². The maximum Gasteiger partial charge on any atom is 0.144 e. The lowest BCUT2D eigenvalue weighted by molar-refractivity contribution is 0.671. The molecule has 0 N–H and O–H groups in total. The molecule has 2 heterocycles. The van der Waals surface area contributed by atoms with Crippen molar-refractivity contribution < 1.29 is 4.42 Å². The molecule has 0 aliphatic carbocycles. The summed E-state index contributed by atoms with van der Waals surface area (Å²) in [5.41, 5.74) is 9.75. The largest absolute Gasteiger partial charge is 0.455 e. The van der Waals surface area contributed by atoms with Crippen LogP contribution in [0, 0.1) is 0 Å². The van der Waals surface area contributed by atoms with Crippen LogP contribution in [0.1, 0.15) is 5.56 Å². The minimum absolute atomic E-state index is 0.0728. The Morgan fingerprint density at radius 2 is 1.24 bits per heavy atom. The molecule has 2 aromatic heterocycles. The highest BCUT2D eigenvalue weighted by atomic mass is 32.3. The van der Waals surface area contributed by atoms with Gasteiger partial charge in [0.2, 0.25) is 0 Å². The first-order valence-corrected chi connectivity index (χ1v) is 15.8. The van der Waals surface area contributed by atoms with E-state index in [-0.39, 0.29) is 4.55 Å². The lowest BCUT2D eigenvalue weighted by Gasteiger charge is -2.45. The Morgan fingerprint density at radius 3 is 1.95 bits per heavy atom. The van der Waals surface area contributed by atoms with Crippen LogP contribution >= 0.6 is 10.0 Å². The summed E-state index contributed by atoms with van der Waals surface area (Å²) in [7, 11) is 3.86. The van der Waals surface area contributed by atoms with Crippen molar-refractivity contribution in [2.75, 3.05) is 18.8 Å². The van der Waals surface area contributed by atoms with Gasteiger partial charge in [0.15, 0.2) is 0 Å². The third-order valence-corrected chi connectivity index (χ3v) is 11.4. The van der Waals surface area contributed by atoms with Crippen molar-refractivity contribution >= 4 is 47.7 Å². The van der Waals surface area contributed by atoms with Gasteiger partial charge in [0.1, 0.15) is 26.9 Å². The lowest BCUT2D eigenvalue weighted by atomic mass is 9.65. The zero-order valence-electron chi connectivity index (χ0n) is 22.7. The van der Waals surface area contributed by atoms with E-state index in [0.29, 0.717) is 0 Å². The highest BCUT2D eigenvalue weighted by molar-refractivity contribution is 8.34. The first kappa shape index (κ1) is 24.6. The van der Waals surface area contributed by atoms with Crippen molar-refractivity contribution in [2.45, 2.75) is 4.55 Å². The molecule has 0 amide bonds. The number of benzene rings is 4. The lowest BCUT2D eigenvalue weighted by Crippen LogP contribution is -2.32. The minimum atomic E-state index is -0.829. The van der Waals surface area contributed by atoms with Crippen LogP contribution in [0.3, 0.4) is 0 Å². The van der Waals surface area contributed by atoms with E-state index in [1.165, 1.54) is 16.7 Å². The Balaban J connectivity index is 1.52. The van der Waals surface area contributed by atoms with Crippen LogP contribution in [0.25, 0.3) is 55.4 Å². The predicted octanol–water partition coefficient (Wildman–Crippen LogP) is 7.05. The number of nitrogens with zero attached hydrogens (tertiary/aromatic N) is 1. The van der Waals surface area contributed by atoms with Gasteiger partial charge < -0.3 is 4.42 Å². The fourth-order valence-corrected chi connectivity index (χ4v) is 5.89. The van der Waals surface area contributed by atoms with Crippen LogP contribution in [0.5, 0.6) is 0 Å². The third kappa shape index (κ3) is 4.16. The molecule has 4 aromatic carbocycles. The Kier molecular flexibility index (Phi) is 6.00. The second kappa shape index (κ2) is 9.25. The van der Waals surface area contributed by atoms with E-state index in [1.807, 2.05) is 6.20 Å². The van der Waals surface area contributed by atoms with E-state index in [4.69, 9.17) is 9.40 Å². The van der Waals surface area contributed by atoms with Crippen molar-refractivity contribution in [3.05, 3.63) is 115 Å². The summed E-state index contributed by atoms with van der Waals surface area (Å²) < 4.78 is 6.80. The number of para-hydroxylation sites is 2. The molecular formula is C33H31B2NOS. The number of pyridine rings is 1. The molecule has 0 atom stereocenters. The molecule has 186 valence electrons. The zero-order valence-corrected chi connectivity index (χ0v) is 23.5. The second-order valence-corrected chi connectivity index (χ2v) is 15.9. The van der Waals surface area contributed by atoms with Crippen LogP contribution in [0.15, 0.2) is 114 Å². The van der Waals surface area contributed by atoms with E-state index >= 15 is 0 Å². The second-order valence-electron chi connectivity index (χ2n) is 11.2. The van der Waals surface area contributed by atoms with E-state index < -0.39 is 10.0 Å². The van der Waals surface area contributed by atoms with E-state index in [1.54, 1.807) is 0 Å². The first-order chi connectivity index (χ1) is 18.2. The molecule has 0 saturated heterocycles. The van der Waals surface area contributed by atoms with Crippen molar-refractivity contribution in [3.8, 4) is 33.5 Å². The molecule has 6 rings (SSSR count). The van der Waals surface area contributed by atoms with Crippen molar-refractivity contribution in [1.82, 2.24) is 4.98 Å². The quantitative estimate of drug-likeness (QED) is 0.232. The molecule has 0 bridgehead atoms. The smallest absolute Gasteiger partial charge is 0.144 e. The number of fused-ring (bicyclic) bond motifs is 3. The van der Waals surface area contributed by atoms with E-state index in [0.717, 1.165) is 44.3 Å². The summed E-state index contributed by atoms with van der Waals surface area (Å²) >= 11 is 0. The summed E-state index contributed by atoms with van der Waals surface area (Å²) in [6.07, 6.45) is 9.07. The molecule has 6 aromatic rings. The molecule has 38 heavy (non-hydrogen) atoms. The van der Waals surface area contributed by atoms with Crippen LogP contribution < -0.4 is 0 Å². The minimum Gasteiger partial charge on any atom is -0.455 e. The first-order valence-electron chi connectivity index (χ1n) is 13.0. The van der Waals surface area contributed by atoms with Crippen molar-refractivity contribution in [3.63, 3.8) is 0 Å². The van der Waals surface area contributed by atoms with Gasteiger partial charge in [-0.25, -0.2) is 0 Å². The van der Waals surface area contributed by atoms with Crippen LogP contribution in [0.4, 0.5) is 0 Å². The van der Waals surface area contributed by atoms with Gasteiger partial charge in [-0.1, -0.05) is 78.9 Å². The maximum absolute atomic E-state index is 6.73. The van der Waals surface area contributed by atoms with Gasteiger partial charge in [0.05, 0.1) is 5.69 Å². The summed E-state index contributed by atoms with van der Waals surface area (Å²) in [5, 5.41) is 2.24. The standard InChI is InChI=1S/C33H31B2NOS/c1-38(2,3)33(34,35)25-18-19-36-30(21-25)29-17-9-16-28-27-15-8-14-26(31(27)37-32(28)29)24-13-7-12-23(20-24)22-10-5-4-6-11-22/h4-21H,34-35H2,1-3H3. The molecule has 0 fully saturated rings. The molecule has 0 spiro atoms. The number of furan rings is 1. The predicted molar refractivity (Wildman–Crippen MR) is 172 cm³/mol. The van der Waals surface area contributed by atoms with Crippen LogP contribution in [0.2, 0.25) is 0 Å². The molecular weight excluding hydrogens is 480 g/mol. The Bertz CT molecular complexity index is 1780. The third-order valence-electron chi connectivity index (χ3n) is 8.07. The highest BCUT2D eigenvalue weighted by Gasteiger charge is 2.31. The average molecular weight is 511 g/mol. The number of rotatable bonds is 5. The fourth-order valence-electron chi connectivity index (χ4n) is 5.05. The summed E-state index contributed by atoms with van der Waals surface area (Å²) in [6, 6.07) is 36.5. The monoisotopic (exact) mass is 511 g/mol. The Labute approximate surface area is 228 Å². The maximum atomic E-state index is 6.73. The summed E-state index contributed by atoms with van der Waals surface area (Å²) in [5.74, 6) is 0. The van der Waals surface area contributed by atoms with Gasteiger partial charge >= 0.3 is 0 Å². The zero-order chi connectivity index (χ0) is 26.5. The fraction of sp³-hybridized carbons (Fsp3) is 0.121. The summed E-state index contributed by atoms with van der Waals surface area (Å²) in [4.78, 5) is 4.80. The normalized spacial score (nSPS) is 12.7. The highest BCUT2D eigenvalue weighted by Crippen LogP contribution is 2.52. The molecule has 0 radical (unpaired) electrons. The topological polar surface area (TPSA) is 26.0 Å². The van der Waals surface area contributed by atoms with Crippen molar-refractivity contribution in [1.29, 1.82) is 0 Å². The van der Waals surface area contributed by atoms with Gasteiger partial charge in [0, 0.05) is 28.1 Å². The molecule has 2 nitrogen and oxygen atoms in total. The van der Waals surface area contributed by atoms with Gasteiger partial charge in [-0.3, -0.25) is 15.0 Å². The Morgan fingerprint density at radius 1 is 0.632 bits per heavy atom. The van der Waals surface area contributed by atoms with Crippen molar-refractivity contribution in [2.24, 2.45) is 0 Å². The van der Waals surface area contributed by atoms with Crippen LogP contribution in [-0.2, 0) is 4.55 Å². The molecule has 0 aliphatic heterocycles. The SMILES string of the molecule is BC(B)(c1ccnc(-c2cccc3c2oc2c(-c4cccc(-c5ccccc5)c4)cccc23)c1)S(C)(C)C. The van der Waals surface area contributed by atoms with Gasteiger partial charge in [-0.05, 0) is 69.8 Å². The van der Waals surface area contributed by atoms with Gasteiger partial charge in [-0.2, -0.15) is 0 Å². The van der Waals surface area contributed by atoms with E-state index in [9.17, 15) is 0 Å². The van der Waals surface area contributed by atoms with Gasteiger partial charge in [0.25, 0.3) is 0 Å². The summed E-state index contributed by atoms with van der Waals surface area (Å²) in [6.45, 7) is 0. The molecule has 0 saturated carbocycles. The molecule has 0 aliphatic rings. The number of hydrogen-bond donors (Lipinski definition) is 0. The van der Waals surface area contributed by atoms with E-state index in [2.05, 4.69) is 138 Å². The van der Waals surface area contributed by atoms with Crippen LogP contribution in [-0.4, -0.2) is 39.4 Å².